The highest BCUT2D eigenvalue weighted by Gasteiger charge is 2.38. The second kappa shape index (κ2) is 9.28. The fraction of sp³-hybridized carbons (Fsp3) is 0.458. The van der Waals surface area contributed by atoms with E-state index in [4.69, 9.17) is 0 Å². The van der Waals surface area contributed by atoms with Crippen molar-refractivity contribution in [2.24, 2.45) is 5.92 Å². The molecule has 1 saturated heterocycles. The molecule has 1 aliphatic heterocycles. The molecular formula is C24H30N2O4. The number of fused-ring (bicyclic) bond motifs is 1. The predicted octanol–water partition coefficient (Wildman–Crippen LogP) is 3.63. The first-order valence-corrected chi connectivity index (χ1v) is 10.5. The van der Waals surface area contributed by atoms with Gasteiger partial charge < -0.3 is 15.0 Å². The Labute approximate surface area is 177 Å². The number of carbonyl (C=O) groups excluding carboxylic acids is 3. The van der Waals surface area contributed by atoms with Gasteiger partial charge in [-0.05, 0) is 42.0 Å². The van der Waals surface area contributed by atoms with Gasteiger partial charge in [0.2, 0.25) is 5.91 Å². The lowest BCUT2D eigenvalue weighted by atomic mass is 9.97. The van der Waals surface area contributed by atoms with Crippen molar-refractivity contribution in [1.82, 2.24) is 10.2 Å². The Bertz CT molecular complexity index is 953. The van der Waals surface area contributed by atoms with Gasteiger partial charge in [0.25, 0.3) is 0 Å². The average molecular weight is 411 g/mol. The number of carbonyl (C=O) groups is 3. The van der Waals surface area contributed by atoms with Gasteiger partial charge in [-0.1, -0.05) is 55.8 Å². The number of amides is 2. The van der Waals surface area contributed by atoms with Gasteiger partial charge in [0.15, 0.2) is 5.78 Å². The van der Waals surface area contributed by atoms with Crippen molar-refractivity contribution in [2.75, 3.05) is 13.7 Å². The molecule has 0 aliphatic carbocycles. The third-order valence-corrected chi connectivity index (χ3v) is 5.74. The van der Waals surface area contributed by atoms with Gasteiger partial charge in [-0.15, -0.1) is 0 Å². The van der Waals surface area contributed by atoms with Gasteiger partial charge in [0.1, 0.15) is 6.04 Å². The number of Topliss-reactive ketones (excluding diaryl/α,β-unsaturated/α-hetero) is 1. The van der Waals surface area contributed by atoms with Crippen molar-refractivity contribution in [1.29, 1.82) is 0 Å². The number of aryl methyl sites for hydroxylation is 1. The lowest BCUT2D eigenvalue weighted by molar-refractivity contribution is -0.139. The van der Waals surface area contributed by atoms with Crippen LogP contribution in [0.15, 0.2) is 36.4 Å². The molecule has 1 heterocycles. The average Bonchev–Trinajstić information content (AvgIpc) is 3.21. The largest absolute Gasteiger partial charge is 0.453 e. The lowest BCUT2D eigenvalue weighted by Crippen LogP contribution is -2.53. The minimum atomic E-state index is -0.713. The van der Waals surface area contributed by atoms with E-state index in [0.29, 0.717) is 13.0 Å². The van der Waals surface area contributed by atoms with Crippen LogP contribution in [0, 0.1) is 12.8 Å². The van der Waals surface area contributed by atoms with Crippen LogP contribution in [-0.4, -0.2) is 48.4 Å². The SMILES string of the molecule is COC(=O)N[C@H](C(=O)N1CCC[C@H]1C(=O)Cc1ccc2cc(C)ccc2c1)C(C)C. The molecule has 0 bridgehead atoms. The Hall–Kier alpha value is -2.89. The Balaban J connectivity index is 1.74. The topological polar surface area (TPSA) is 75.7 Å². The predicted molar refractivity (Wildman–Crippen MR) is 116 cm³/mol. The van der Waals surface area contributed by atoms with Gasteiger partial charge in [0, 0.05) is 13.0 Å². The van der Waals surface area contributed by atoms with Crippen LogP contribution in [0.3, 0.4) is 0 Å². The summed E-state index contributed by atoms with van der Waals surface area (Å²) < 4.78 is 4.65. The Morgan fingerprint density at radius 1 is 1.13 bits per heavy atom. The molecule has 3 rings (SSSR count). The summed E-state index contributed by atoms with van der Waals surface area (Å²) in [6.45, 7) is 6.31. The summed E-state index contributed by atoms with van der Waals surface area (Å²) in [6.07, 6.45) is 1.08. The van der Waals surface area contributed by atoms with Crippen LogP contribution in [0.4, 0.5) is 4.79 Å². The van der Waals surface area contributed by atoms with Crippen molar-refractivity contribution in [3.05, 3.63) is 47.5 Å². The minimum Gasteiger partial charge on any atom is -0.453 e. The van der Waals surface area contributed by atoms with Crippen molar-refractivity contribution in [3.63, 3.8) is 0 Å². The van der Waals surface area contributed by atoms with Crippen LogP contribution in [0.25, 0.3) is 10.8 Å². The zero-order valence-electron chi connectivity index (χ0n) is 18.1. The lowest BCUT2D eigenvalue weighted by Gasteiger charge is -2.30. The molecule has 0 aromatic heterocycles. The fourth-order valence-corrected chi connectivity index (χ4v) is 4.09. The van der Waals surface area contributed by atoms with Crippen molar-refractivity contribution in [3.8, 4) is 0 Å². The first-order valence-electron chi connectivity index (χ1n) is 10.5. The molecule has 1 N–H and O–H groups in total. The van der Waals surface area contributed by atoms with Crippen LogP contribution >= 0.6 is 0 Å². The maximum atomic E-state index is 13.1. The number of hydrogen-bond donors (Lipinski definition) is 1. The quantitative estimate of drug-likeness (QED) is 0.789. The number of rotatable bonds is 6. The van der Waals surface area contributed by atoms with Crippen LogP contribution < -0.4 is 5.32 Å². The van der Waals surface area contributed by atoms with Crippen molar-refractivity contribution in [2.45, 2.75) is 52.1 Å². The highest BCUT2D eigenvalue weighted by molar-refractivity contribution is 5.94. The standard InChI is InChI=1S/C24H30N2O4/c1-15(2)22(25-24(29)30-4)23(28)26-11-5-6-20(26)21(27)14-17-8-10-18-12-16(3)7-9-19(18)13-17/h7-10,12-13,15,20,22H,5-6,11,14H2,1-4H3,(H,25,29)/t20-,22-/m0/s1. The molecule has 0 saturated carbocycles. The second-order valence-corrected chi connectivity index (χ2v) is 8.38. The summed E-state index contributed by atoms with van der Waals surface area (Å²) in [4.78, 5) is 39.5. The highest BCUT2D eigenvalue weighted by Crippen LogP contribution is 2.24. The van der Waals surface area contributed by atoms with Gasteiger partial charge in [-0.25, -0.2) is 4.79 Å². The van der Waals surface area contributed by atoms with Gasteiger partial charge in [-0.2, -0.15) is 0 Å². The van der Waals surface area contributed by atoms with Crippen LogP contribution in [-0.2, 0) is 20.7 Å². The van der Waals surface area contributed by atoms with Crippen molar-refractivity contribution >= 4 is 28.6 Å². The molecule has 0 radical (unpaired) electrons. The third-order valence-electron chi connectivity index (χ3n) is 5.74. The summed E-state index contributed by atoms with van der Waals surface area (Å²) in [7, 11) is 1.27. The molecule has 0 spiro atoms. The minimum absolute atomic E-state index is 0.0351. The van der Waals surface area contributed by atoms with Gasteiger partial charge >= 0.3 is 6.09 Å². The Morgan fingerprint density at radius 2 is 1.83 bits per heavy atom. The summed E-state index contributed by atoms with van der Waals surface area (Å²) in [5.74, 6) is -0.301. The molecule has 1 fully saturated rings. The first kappa shape index (κ1) is 21.8. The number of ether oxygens (including phenoxy) is 1. The summed E-state index contributed by atoms with van der Waals surface area (Å²) >= 11 is 0. The van der Waals surface area contributed by atoms with Crippen molar-refractivity contribution < 1.29 is 19.1 Å². The van der Waals surface area contributed by atoms with E-state index in [2.05, 4.69) is 35.2 Å². The summed E-state index contributed by atoms with van der Waals surface area (Å²) in [6, 6.07) is 11.2. The molecule has 2 aromatic rings. The molecule has 6 nitrogen and oxygen atoms in total. The number of hydrogen-bond acceptors (Lipinski definition) is 4. The molecule has 1 aliphatic rings. The van der Waals surface area contributed by atoms with Gasteiger partial charge in [0.05, 0.1) is 13.2 Å². The maximum Gasteiger partial charge on any atom is 0.407 e. The zero-order chi connectivity index (χ0) is 21.8. The molecule has 160 valence electrons. The van der Waals surface area contributed by atoms with E-state index in [9.17, 15) is 14.4 Å². The number of nitrogens with zero attached hydrogens (tertiary/aromatic N) is 1. The second-order valence-electron chi connectivity index (χ2n) is 8.38. The van der Waals surface area contributed by atoms with E-state index >= 15 is 0 Å². The van der Waals surface area contributed by atoms with E-state index < -0.39 is 18.2 Å². The van der Waals surface area contributed by atoms with E-state index in [1.54, 1.807) is 4.90 Å². The maximum absolute atomic E-state index is 13.1. The van der Waals surface area contributed by atoms with E-state index in [1.807, 2.05) is 32.0 Å². The van der Waals surface area contributed by atoms with E-state index in [1.165, 1.54) is 12.7 Å². The highest BCUT2D eigenvalue weighted by atomic mass is 16.5. The zero-order valence-corrected chi connectivity index (χ0v) is 18.1. The Morgan fingerprint density at radius 3 is 2.53 bits per heavy atom. The van der Waals surface area contributed by atoms with Gasteiger partial charge in [-0.3, -0.25) is 9.59 Å². The van der Waals surface area contributed by atoms with E-state index in [0.717, 1.165) is 22.8 Å². The monoisotopic (exact) mass is 410 g/mol. The number of ketones is 1. The number of methoxy groups -OCH3 is 1. The summed E-state index contributed by atoms with van der Waals surface area (Å²) in [5.41, 5.74) is 2.15. The third kappa shape index (κ3) is 4.81. The van der Waals surface area contributed by atoms with Crippen LogP contribution in [0.1, 0.15) is 37.8 Å². The molecule has 6 heteroatoms. The van der Waals surface area contributed by atoms with E-state index in [-0.39, 0.29) is 24.0 Å². The molecule has 2 amide bonds. The number of alkyl carbamates (subject to hydrolysis) is 1. The molecule has 2 aromatic carbocycles. The number of likely N-dealkylation sites (tertiary alicyclic amines) is 1. The molecule has 0 unspecified atom stereocenters. The number of benzene rings is 2. The normalized spacial score (nSPS) is 17.2. The Kier molecular flexibility index (Phi) is 6.75. The molecular weight excluding hydrogens is 380 g/mol. The smallest absolute Gasteiger partial charge is 0.407 e. The first-order chi connectivity index (χ1) is 14.3. The fourth-order valence-electron chi connectivity index (χ4n) is 4.09. The molecule has 2 atom stereocenters. The summed E-state index contributed by atoms with van der Waals surface area (Å²) in [5, 5.41) is 4.87. The van der Waals surface area contributed by atoms with Crippen LogP contribution in [0.2, 0.25) is 0 Å². The number of nitrogens with one attached hydrogen (secondary N) is 1. The molecule has 30 heavy (non-hydrogen) atoms. The van der Waals surface area contributed by atoms with Crippen LogP contribution in [0.5, 0.6) is 0 Å².